The maximum Gasteiger partial charge on any atom is 0.257 e. The average molecular weight is 423 g/mol. The van der Waals surface area contributed by atoms with Gasteiger partial charge in [-0.2, -0.15) is 0 Å². The van der Waals surface area contributed by atoms with Gasteiger partial charge in [-0.25, -0.2) is 0 Å². The molecular weight excluding hydrogens is 388 g/mol. The molecule has 2 heterocycles. The van der Waals surface area contributed by atoms with Crippen molar-refractivity contribution in [1.82, 2.24) is 9.88 Å². The number of aryl methyl sites for hydroxylation is 1. The van der Waals surface area contributed by atoms with Crippen LogP contribution in [0.2, 0.25) is 0 Å². The van der Waals surface area contributed by atoms with E-state index in [-0.39, 0.29) is 23.0 Å². The van der Waals surface area contributed by atoms with Gasteiger partial charge >= 0.3 is 0 Å². The number of nitrogens with one attached hydrogen (secondary N) is 1. The molecule has 1 aromatic heterocycles. The second-order valence-electron chi connectivity index (χ2n) is 8.97. The Balaban J connectivity index is 2.10. The molecule has 166 valence electrons. The van der Waals surface area contributed by atoms with Gasteiger partial charge in [-0.15, -0.1) is 0 Å². The number of ether oxygens (including phenoxy) is 1. The lowest BCUT2D eigenvalue weighted by Gasteiger charge is -2.43. The number of hydrogen-bond donors (Lipinski definition) is 1. The Bertz CT molecular complexity index is 1080. The zero-order valence-electron chi connectivity index (χ0n) is 19.8. The summed E-state index contributed by atoms with van der Waals surface area (Å²) in [6.45, 7) is 14.7. The molecule has 1 aliphatic rings. The molecular formula is C26H34N2O3. The van der Waals surface area contributed by atoms with Crippen LogP contribution in [0, 0.1) is 6.92 Å². The molecule has 0 spiro atoms. The van der Waals surface area contributed by atoms with Crippen LogP contribution in [0.25, 0.3) is 5.76 Å². The van der Waals surface area contributed by atoms with E-state index in [1.165, 1.54) is 5.56 Å². The van der Waals surface area contributed by atoms with Crippen LogP contribution in [-0.2, 0) is 23.2 Å². The normalized spacial score (nSPS) is 18.7. The third kappa shape index (κ3) is 4.18. The number of fused-ring (bicyclic) bond motifs is 1. The Hall–Kier alpha value is -2.82. The molecule has 2 aromatic rings. The predicted octanol–water partition coefficient (Wildman–Crippen LogP) is 4.94. The minimum Gasteiger partial charge on any atom is -0.486 e. The van der Waals surface area contributed by atoms with Crippen molar-refractivity contribution in [3.05, 3.63) is 74.2 Å². The zero-order chi connectivity index (χ0) is 22.9. The first kappa shape index (κ1) is 22.9. The molecule has 1 aromatic carbocycles. The van der Waals surface area contributed by atoms with E-state index < -0.39 is 5.54 Å². The van der Waals surface area contributed by atoms with Crippen molar-refractivity contribution >= 4 is 11.7 Å². The third-order valence-electron chi connectivity index (χ3n) is 6.52. The summed E-state index contributed by atoms with van der Waals surface area (Å²) in [7, 11) is 0. The molecule has 3 rings (SSSR count). The molecule has 0 aliphatic carbocycles. The van der Waals surface area contributed by atoms with Gasteiger partial charge < -0.3 is 14.6 Å². The van der Waals surface area contributed by atoms with E-state index in [9.17, 15) is 9.59 Å². The smallest absolute Gasteiger partial charge is 0.257 e. The number of pyridine rings is 1. The van der Waals surface area contributed by atoms with E-state index in [4.69, 9.17) is 4.74 Å². The summed E-state index contributed by atoms with van der Waals surface area (Å²) in [6.07, 6.45) is 2.98. The second kappa shape index (κ2) is 8.74. The lowest BCUT2D eigenvalue weighted by atomic mass is 9.91. The van der Waals surface area contributed by atoms with Gasteiger partial charge in [0.15, 0.2) is 5.43 Å². The molecule has 31 heavy (non-hydrogen) atoms. The van der Waals surface area contributed by atoms with Crippen LogP contribution in [0.15, 0.2) is 40.8 Å². The van der Waals surface area contributed by atoms with Gasteiger partial charge in [-0.3, -0.25) is 9.59 Å². The maximum atomic E-state index is 13.4. The minimum atomic E-state index is -0.406. The van der Waals surface area contributed by atoms with Crippen LogP contribution in [0.1, 0.15) is 80.7 Å². The van der Waals surface area contributed by atoms with Crippen molar-refractivity contribution in [3.63, 3.8) is 0 Å². The summed E-state index contributed by atoms with van der Waals surface area (Å²) < 4.78 is 8.39. The van der Waals surface area contributed by atoms with Crippen molar-refractivity contribution in [1.29, 1.82) is 0 Å². The number of benzene rings is 1. The quantitative estimate of drug-likeness (QED) is 0.742. The number of carbonyl (C=O) groups is 1. The van der Waals surface area contributed by atoms with E-state index in [1.54, 1.807) is 6.20 Å². The third-order valence-corrected chi connectivity index (χ3v) is 6.52. The lowest BCUT2D eigenvalue weighted by Crippen LogP contribution is -2.47. The van der Waals surface area contributed by atoms with E-state index in [0.29, 0.717) is 18.5 Å². The van der Waals surface area contributed by atoms with Crippen LogP contribution in [-0.4, -0.2) is 16.6 Å². The molecule has 1 atom stereocenters. The second-order valence-corrected chi connectivity index (χ2v) is 8.97. The number of nitrogens with zero attached hydrogens (tertiary/aromatic N) is 1. The highest BCUT2D eigenvalue weighted by Gasteiger charge is 2.39. The fraction of sp³-hybridized carbons (Fsp3) is 0.462. The van der Waals surface area contributed by atoms with Gasteiger partial charge in [0.25, 0.3) is 5.91 Å². The van der Waals surface area contributed by atoms with E-state index >= 15 is 0 Å². The number of hydrogen-bond acceptors (Lipinski definition) is 3. The van der Waals surface area contributed by atoms with Gasteiger partial charge in [-0.05, 0) is 58.6 Å². The fourth-order valence-electron chi connectivity index (χ4n) is 3.88. The summed E-state index contributed by atoms with van der Waals surface area (Å²) in [5.41, 5.74) is 4.27. The summed E-state index contributed by atoms with van der Waals surface area (Å²) in [5.74, 6) is 0.429. The first-order valence-electron chi connectivity index (χ1n) is 11.1. The topological polar surface area (TPSA) is 60.3 Å². The molecule has 0 saturated heterocycles. The van der Waals surface area contributed by atoms with Crippen molar-refractivity contribution in [2.45, 2.75) is 79.5 Å². The van der Waals surface area contributed by atoms with Gasteiger partial charge in [0.1, 0.15) is 17.4 Å². The predicted molar refractivity (Wildman–Crippen MR) is 125 cm³/mol. The number of amides is 1. The van der Waals surface area contributed by atoms with Crippen molar-refractivity contribution < 1.29 is 9.53 Å². The maximum absolute atomic E-state index is 13.4. The first-order chi connectivity index (χ1) is 14.6. The highest BCUT2D eigenvalue weighted by atomic mass is 16.5. The highest BCUT2D eigenvalue weighted by Crippen LogP contribution is 2.39. The number of rotatable bonds is 5. The minimum absolute atomic E-state index is 0.104. The Morgan fingerprint density at radius 2 is 1.84 bits per heavy atom. The Kier molecular flexibility index (Phi) is 6.44. The SMILES string of the molecule is CC/C(C)=C1/O[C@H](C)C(C)(C)n2cc(C(=O)NCc3ccc(C)cc3)c(=O)c(CC)c21. The summed E-state index contributed by atoms with van der Waals surface area (Å²) in [5, 5.41) is 2.92. The Morgan fingerprint density at radius 3 is 2.42 bits per heavy atom. The van der Waals surface area contributed by atoms with Gasteiger partial charge in [0.2, 0.25) is 0 Å². The summed E-state index contributed by atoms with van der Waals surface area (Å²) in [6, 6.07) is 8.00. The molecule has 5 nitrogen and oxygen atoms in total. The van der Waals surface area contributed by atoms with Gasteiger partial charge in [0.05, 0.1) is 11.2 Å². The average Bonchev–Trinajstić information content (AvgIpc) is 2.74. The molecule has 1 amide bonds. The van der Waals surface area contributed by atoms with Crippen LogP contribution < -0.4 is 10.7 Å². The molecule has 5 heteroatoms. The molecule has 0 saturated carbocycles. The molecule has 1 aliphatic heterocycles. The summed E-state index contributed by atoms with van der Waals surface area (Å²) >= 11 is 0. The van der Waals surface area contributed by atoms with Crippen molar-refractivity contribution in [2.24, 2.45) is 0 Å². The lowest BCUT2D eigenvalue weighted by molar-refractivity contribution is 0.0469. The molecule has 0 radical (unpaired) electrons. The largest absolute Gasteiger partial charge is 0.486 e. The van der Waals surface area contributed by atoms with Crippen LogP contribution in [0.3, 0.4) is 0 Å². The standard InChI is InChI=1S/C26H34N2O3/c1-8-17(4)24-22-20(9-2)23(29)21(15-28(22)26(6,7)18(5)31-24)25(30)27-14-19-12-10-16(3)11-13-19/h10-13,15,18H,8-9,14H2,1-7H3,(H,27,30)/b24-17+/t18-/m1/s1. The number of carbonyl (C=O) groups excluding carboxylic acids is 1. The summed E-state index contributed by atoms with van der Waals surface area (Å²) in [4.78, 5) is 26.4. The monoisotopic (exact) mass is 422 g/mol. The molecule has 1 N–H and O–H groups in total. The first-order valence-corrected chi connectivity index (χ1v) is 11.1. The fourth-order valence-corrected chi connectivity index (χ4v) is 3.88. The van der Waals surface area contributed by atoms with E-state index in [1.807, 2.05) is 52.0 Å². The van der Waals surface area contributed by atoms with Gasteiger partial charge in [0, 0.05) is 18.3 Å². The number of allylic oxidation sites excluding steroid dienone is 1. The highest BCUT2D eigenvalue weighted by molar-refractivity contribution is 5.94. The van der Waals surface area contributed by atoms with Crippen LogP contribution in [0.4, 0.5) is 0 Å². The van der Waals surface area contributed by atoms with Crippen molar-refractivity contribution in [2.75, 3.05) is 0 Å². The zero-order valence-corrected chi connectivity index (χ0v) is 19.8. The Morgan fingerprint density at radius 1 is 1.19 bits per heavy atom. The van der Waals surface area contributed by atoms with Crippen LogP contribution >= 0.6 is 0 Å². The van der Waals surface area contributed by atoms with Crippen molar-refractivity contribution in [3.8, 4) is 0 Å². The number of aromatic nitrogens is 1. The van der Waals surface area contributed by atoms with E-state index in [0.717, 1.165) is 29.0 Å². The molecule has 0 bridgehead atoms. The molecule has 0 fully saturated rings. The van der Waals surface area contributed by atoms with Gasteiger partial charge in [-0.1, -0.05) is 43.7 Å². The Labute approximate surface area is 185 Å². The van der Waals surface area contributed by atoms with E-state index in [2.05, 4.69) is 30.7 Å². The van der Waals surface area contributed by atoms with Crippen LogP contribution in [0.5, 0.6) is 0 Å². The molecule has 0 unspecified atom stereocenters.